The third-order valence-electron chi connectivity index (χ3n) is 2.65. The lowest BCUT2D eigenvalue weighted by atomic mass is 10.1. The highest BCUT2D eigenvalue weighted by atomic mass is 16.5. The van der Waals surface area contributed by atoms with E-state index in [1.54, 1.807) is 25.1 Å². The summed E-state index contributed by atoms with van der Waals surface area (Å²) in [4.78, 5) is 22.4. The van der Waals surface area contributed by atoms with E-state index in [1.807, 2.05) is 6.92 Å². The Bertz CT molecular complexity index is 539. The van der Waals surface area contributed by atoms with E-state index >= 15 is 0 Å². The topological polar surface area (TPSA) is 84.9 Å². The van der Waals surface area contributed by atoms with E-state index < -0.39 is 12.1 Å². The molecule has 2 N–H and O–H groups in total. The van der Waals surface area contributed by atoms with Gasteiger partial charge in [0, 0.05) is 18.2 Å². The van der Waals surface area contributed by atoms with E-state index in [0.29, 0.717) is 23.6 Å². The molecule has 1 rings (SSSR count). The van der Waals surface area contributed by atoms with Crippen molar-refractivity contribution < 1.29 is 24.2 Å². The molecular formula is C15H19NO5. The third kappa shape index (κ3) is 4.83. The molecule has 0 fully saturated rings. The fourth-order valence-electron chi connectivity index (χ4n) is 1.66. The lowest BCUT2D eigenvalue weighted by molar-refractivity contribution is -0.131. The number of amides is 1. The third-order valence-corrected chi connectivity index (χ3v) is 2.65. The molecule has 114 valence electrons. The zero-order valence-corrected chi connectivity index (χ0v) is 12.3. The van der Waals surface area contributed by atoms with E-state index in [0.717, 1.165) is 6.08 Å². The molecule has 1 aromatic carbocycles. The Morgan fingerprint density at radius 3 is 2.71 bits per heavy atom. The largest absolute Gasteiger partial charge is 0.493 e. The number of ether oxygens (including phenoxy) is 2. The van der Waals surface area contributed by atoms with Crippen molar-refractivity contribution in [2.75, 3.05) is 13.7 Å². The number of likely N-dealkylation sites (N-methyl/N-ethyl adjacent to an activating group) is 1. The summed E-state index contributed by atoms with van der Waals surface area (Å²) in [6.07, 6.45) is 1.67. The molecule has 0 aliphatic heterocycles. The molecule has 0 aliphatic rings. The lowest BCUT2D eigenvalue weighted by Gasteiger charge is -2.18. The van der Waals surface area contributed by atoms with Crippen molar-refractivity contribution in [3.8, 4) is 11.5 Å². The van der Waals surface area contributed by atoms with Crippen LogP contribution in [0.4, 0.5) is 0 Å². The number of carboxylic acid groups (broad SMARTS) is 1. The highest BCUT2D eigenvalue weighted by Crippen LogP contribution is 2.32. The molecule has 0 bridgehead atoms. The van der Waals surface area contributed by atoms with Gasteiger partial charge in [-0.1, -0.05) is 12.1 Å². The Morgan fingerprint density at radius 1 is 1.43 bits per heavy atom. The minimum atomic E-state index is -1.07. The molecule has 1 unspecified atom stereocenters. The molecule has 0 radical (unpaired) electrons. The van der Waals surface area contributed by atoms with Gasteiger partial charge in [-0.2, -0.15) is 0 Å². The SMILES string of the molecule is CCNC(=O)C(C)Oc1c(/C=C/C(=O)O)cccc1OC. The Balaban J connectivity index is 3.07. The van der Waals surface area contributed by atoms with Crippen LogP contribution in [0.5, 0.6) is 11.5 Å². The molecule has 0 saturated carbocycles. The number of rotatable bonds is 7. The number of para-hydroxylation sites is 1. The summed E-state index contributed by atoms with van der Waals surface area (Å²) in [5, 5.41) is 11.4. The average Bonchev–Trinajstić information content (AvgIpc) is 2.46. The van der Waals surface area contributed by atoms with Gasteiger partial charge in [0.05, 0.1) is 7.11 Å². The summed E-state index contributed by atoms with van der Waals surface area (Å²) in [5.41, 5.74) is 0.521. The van der Waals surface area contributed by atoms with Gasteiger partial charge in [-0.15, -0.1) is 0 Å². The van der Waals surface area contributed by atoms with Gasteiger partial charge in [0.2, 0.25) is 0 Å². The van der Waals surface area contributed by atoms with Crippen molar-refractivity contribution in [2.45, 2.75) is 20.0 Å². The summed E-state index contributed by atoms with van der Waals surface area (Å²) in [6.45, 7) is 3.93. The van der Waals surface area contributed by atoms with Gasteiger partial charge >= 0.3 is 5.97 Å². The zero-order valence-electron chi connectivity index (χ0n) is 12.3. The first-order valence-electron chi connectivity index (χ1n) is 6.52. The van der Waals surface area contributed by atoms with E-state index in [9.17, 15) is 9.59 Å². The van der Waals surface area contributed by atoms with E-state index in [-0.39, 0.29) is 5.91 Å². The second kappa shape index (κ2) is 7.94. The van der Waals surface area contributed by atoms with Crippen LogP contribution in [0.2, 0.25) is 0 Å². The fraction of sp³-hybridized carbons (Fsp3) is 0.333. The highest BCUT2D eigenvalue weighted by molar-refractivity contribution is 5.86. The normalized spacial score (nSPS) is 12.0. The second-order valence-corrected chi connectivity index (χ2v) is 4.20. The summed E-state index contributed by atoms with van der Waals surface area (Å²) in [5.74, 6) is -0.563. The standard InChI is InChI=1S/C15H19NO5/c1-4-16-15(19)10(2)21-14-11(8-9-13(17)18)6-5-7-12(14)20-3/h5-10H,4H2,1-3H3,(H,16,19)(H,17,18)/b9-8+. The Labute approximate surface area is 123 Å². The fourth-order valence-corrected chi connectivity index (χ4v) is 1.66. The lowest BCUT2D eigenvalue weighted by Crippen LogP contribution is -2.36. The van der Waals surface area contributed by atoms with E-state index in [1.165, 1.54) is 13.2 Å². The van der Waals surface area contributed by atoms with Crippen molar-refractivity contribution in [1.82, 2.24) is 5.32 Å². The Kier molecular flexibility index (Phi) is 6.26. The number of hydrogen-bond acceptors (Lipinski definition) is 4. The van der Waals surface area contributed by atoms with Crippen LogP contribution >= 0.6 is 0 Å². The number of aliphatic carboxylic acids is 1. The predicted octanol–water partition coefficient (Wildman–Crippen LogP) is 1.70. The zero-order chi connectivity index (χ0) is 15.8. The molecule has 6 heteroatoms. The Morgan fingerprint density at radius 2 is 2.14 bits per heavy atom. The number of carboxylic acids is 1. The molecule has 0 saturated heterocycles. The first-order valence-corrected chi connectivity index (χ1v) is 6.52. The number of benzene rings is 1. The summed E-state index contributed by atoms with van der Waals surface area (Å²) < 4.78 is 10.8. The number of carbonyl (C=O) groups is 2. The maximum atomic E-state index is 11.7. The molecule has 1 amide bonds. The van der Waals surface area contributed by atoms with Crippen molar-refractivity contribution in [3.63, 3.8) is 0 Å². The second-order valence-electron chi connectivity index (χ2n) is 4.20. The molecule has 0 aliphatic carbocycles. The van der Waals surface area contributed by atoms with Crippen LogP contribution in [0.25, 0.3) is 6.08 Å². The van der Waals surface area contributed by atoms with Crippen LogP contribution in [0.3, 0.4) is 0 Å². The van der Waals surface area contributed by atoms with Crippen LogP contribution in [0.1, 0.15) is 19.4 Å². The summed E-state index contributed by atoms with van der Waals surface area (Å²) >= 11 is 0. The van der Waals surface area contributed by atoms with Gasteiger partial charge in [-0.25, -0.2) is 4.79 Å². The molecular weight excluding hydrogens is 274 g/mol. The van der Waals surface area contributed by atoms with Crippen molar-refractivity contribution in [2.24, 2.45) is 0 Å². The van der Waals surface area contributed by atoms with Crippen LogP contribution in [0.15, 0.2) is 24.3 Å². The monoisotopic (exact) mass is 293 g/mol. The number of methoxy groups -OCH3 is 1. The number of carbonyl (C=O) groups excluding carboxylic acids is 1. The van der Waals surface area contributed by atoms with Crippen LogP contribution in [-0.4, -0.2) is 36.7 Å². The first kappa shape index (κ1) is 16.6. The average molecular weight is 293 g/mol. The molecule has 0 heterocycles. The van der Waals surface area contributed by atoms with Gasteiger partial charge in [-0.3, -0.25) is 4.79 Å². The predicted molar refractivity (Wildman–Crippen MR) is 78.4 cm³/mol. The minimum absolute atomic E-state index is 0.253. The summed E-state index contributed by atoms with van der Waals surface area (Å²) in [6, 6.07) is 5.07. The Hall–Kier alpha value is -2.50. The van der Waals surface area contributed by atoms with Crippen LogP contribution < -0.4 is 14.8 Å². The van der Waals surface area contributed by atoms with Gasteiger partial charge in [0.15, 0.2) is 17.6 Å². The minimum Gasteiger partial charge on any atom is -0.493 e. The highest BCUT2D eigenvalue weighted by Gasteiger charge is 2.18. The number of nitrogens with one attached hydrogen (secondary N) is 1. The smallest absolute Gasteiger partial charge is 0.328 e. The first-order chi connectivity index (χ1) is 9.99. The van der Waals surface area contributed by atoms with Crippen LogP contribution in [0, 0.1) is 0 Å². The molecule has 1 atom stereocenters. The van der Waals surface area contributed by atoms with Gasteiger partial charge < -0.3 is 19.9 Å². The van der Waals surface area contributed by atoms with Crippen LogP contribution in [-0.2, 0) is 9.59 Å². The maximum absolute atomic E-state index is 11.7. The van der Waals surface area contributed by atoms with Gasteiger partial charge in [0.25, 0.3) is 5.91 Å². The quantitative estimate of drug-likeness (QED) is 0.747. The number of hydrogen-bond donors (Lipinski definition) is 2. The van der Waals surface area contributed by atoms with Crippen molar-refractivity contribution in [1.29, 1.82) is 0 Å². The van der Waals surface area contributed by atoms with Crippen molar-refractivity contribution >= 4 is 18.0 Å². The van der Waals surface area contributed by atoms with Crippen molar-refractivity contribution in [3.05, 3.63) is 29.8 Å². The maximum Gasteiger partial charge on any atom is 0.328 e. The molecule has 6 nitrogen and oxygen atoms in total. The van der Waals surface area contributed by atoms with Gasteiger partial charge in [-0.05, 0) is 26.0 Å². The van der Waals surface area contributed by atoms with E-state index in [2.05, 4.69) is 5.32 Å². The summed E-state index contributed by atoms with van der Waals surface area (Å²) in [7, 11) is 1.48. The van der Waals surface area contributed by atoms with E-state index in [4.69, 9.17) is 14.6 Å². The molecule has 0 spiro atoms. The van der Waals surface area contributed by atoms with Gasteiger partial charge in [0.1, 0.15) is 0 Å². The molecule has 1 aromatic rings. The molecule has 0 aromatic heterocycles. The molecule has 21 heavy (non-hydrogen) atoms.